The molecule has 31 heavy (non-hydrogen) atoms. The molecule has 8 rings (SSSR count). The number of likely N-dealkylation sites (N-methyl/N-ethyl adjacent to an activating group) is 1. The van der Waals surface area contributed by atoms with Gasteiger partial charge >= 0.3 is 0 Å². The van der Waals surface area contributed by atoms with Gasteiger partial charge in [-0.25, -0.2) is 13.9 Å². The molecule has 0 amide bonds. The number of methoxy groups -OCH3 is 1. The summed E-state index contributed by atoms with van der Waals surface area (Å²) in [6.07, 6.45) is 7.52. The average Bonchev–Trinajstić information content (AvgIpc) is 3.37. The molecule has 4 aliphatic rings. The minimum atomic E-state index is -0.427. The number of ether oxygens (including phenoxy) is 1. The summed E-state index contributed by atoms with van der Waals surface area (Å²) in [6.45, 7) is 1.09. The molecule has 7 nitrogen and oxygen atoms in total. The molecule has 8 heteroatoms. The molecule has 2 aliphatic heterocycles. The van der Waals surface area contributed by atoms with Crippen molar-refractivity contribution in [2.45, 2.75) is 11.6 Å². The van der Waals surface area contributed by atoms with Crippen molar-refractivity contribution in [1.82, 2.24) is 24.5 Å². The largest absolute Gasteiger partial charge is 0.494 e. The van der Waals surface area contributed by atoms with E-state index in [0.717, 1.165) is 46.2 Å². The third-order valence-electron chi connectivity index (χ3n) is 7.64. The lowest BCUT2D eigenvalue weighted by molar-refractivity contribution is 0.309. The molecule has 4 fully saturated rings. The first-order chi connectivity index (χ1) is 15.1. The standard InChI is InChI=1S/C23H21FN6O/c1-28(2)23-16-11-29(21(23)20(16)23)12-8-26-22-15(9-27-30(22)10-12)13-4-5-25-18-7-17(24)19(31-3)6-14(13)18/h4-10,16,20-21H,11H2,1-3H3/t16-,20-,21?,23?/m0/s1. The van der Waals surface area contributed by atoms with E-state index in [1.165, 1.54) is 13.2 Å². The normalized spacial score (nSPS) is 27.9. The van der Waals surface area contributed by atoms with Crippen LogP contribution in [0.15, 0.2) is 43.0 Å². The van der Waals surface area contributed by atoms with Crippen molar-refractivity contribution in [2.24, 2.45) is 11.8 Å². The fourth-order valence-corrected chi connectivity index (χ4v) is 6.15. The van der Waals surface area contributed by atoms with Gasteiger partial charge in [-0.2, -0.15) is 5.10 Å². The van der Waals surface area contributed by atoms with E-state index in [2.05, 4.69) is 40.2 Å². The molecule has 4 aromatic rings. The Morgan fingerprint density at radius 3 is 2.81 bits per heavy atom. The Balaban J connectivity index is 1.31. The number of fused-ring (bicyclic) bond motifs is 3. The summed E-state index contributed by atoms with van der Waals surface area (Å²) < 4.78 is 21.2. The molecule has 2 bridgehead atoms. The van der Waals surface area contributed by atoms with Gasteiger partial charge in [-0.3, -0.25) is 4.98 Å². The van der Waals surface area contributed by atoms with Crippen LogP contribution in [-0.2, 0) is 0 Å². The number of hydrogen-bond acceptors (Lipinski definition) is 6. The third-order valence-corrected chi connectivity index (χ3v) is 7.64. The number of halogens is 1. The van der Waals surface area contributed by atoms with Gasteiger partial charge in [0.1, 0.15) is 0 Å². The van der Waals surface area contributed by atoms with E-state index in [-0.39, 0.29) is 5.75 Å². The summed E-state index contributed by atoms with van der Waals surface area (Å²) in [6, 6.07) is 5.60. The Morgan fingerprint density at radius 2 is 2.06 bits per heavy atom. The molecule has 0 spiro atoms. The molecular weight excluding hydrogens is 395 g/mol. The highest BCUT2D eigenvalue weighted by atomic mass is 19.1. The maximum atomic E-state index is 14.2. The van der Waals surface area contributed by atoms with Crippen molar-refractivity contribution in [1.29, 1.82) is 0 Å². The minimum Gasteiger partial charge on any atom is -0.494 e. The molecular formula is C23H21FN6O. The Kier molecular flexibility index (Phi) is 3.09. The lowest BCUT2D eigenvalue weighted by atomic mass is 10.0. The van der Waals surface area contributed by atoms with E-state index in [1.54, 1.807) is 12.3 Å². The van der Waals surface area contributed by atoms with Gasteiger partial charge in [-0.15, -0.1) is 0 Å². The SMILES string of the molecule is COc1cc2c(-c3cnn4cc(N5C[C@H]6[C@H]7C5C76N(C)C)cnc34)ccnc2cc1F. The van der Waals surface area contributed by atoms with Crippen LogP contribution in [0.1, 0.15) is 0 Å². The van der Waals surface area contributed by atoms with E-state index in [1.807, 2.05) is 23.0 Å². The quantitative estimate of drug-likeness (QED) is 0.510. The fourth-order valence-electron chi connectivity index (χ4n) is 6.15. The number of aromatic nitrogens is 4. The number of anilines is 1. The molecule has 1 aromatic carbocycles. The highest BCUT2D eigenvalue weighted by Crippen LogP contribution is 2.81. The van der Waals surface area contributed by atoms with Gasteiger partial charge < -0.3 is 14.5 Å². The van der Waals surface area contributed by atoms with Gasteiger partial charge in [0.25, 0.3) is 0 Å². The summed E-state index contributed by atoms with van der Waals surface area (Å²) in [5.74, 6) is 1.36. The van der Waals surface area contributed by atoms with E-state index in [9.17, 15) is 4.39 Å². The molecule has 3 aromatic heterocycles. The number of pyridine rings is 1. The number of nitrogens with zero attached hydrogens (tertiary/aromatic N) is 6. The first-order valence-corrected chi connectivity index (χ1v) is 10.5. The van der Waals surface area contributed by atoms with Crippen molar-refractivity contribution in [2.75, 3.05) is 32.6 Å². The zero-order chi connectivity index (χ0) is 21.1. The maximum absolute atomic E-state index is 14.2. The summed E-state index contributed by atoms with van der Waals surface area (Å²) in [7, 11) is 5.85. The number of rotatable bonds is 4. The second-order valence-corrected chi connectivity index (χ2v) is 9.01. The van der Waals surface area contributed by atoms with Crippen LogP contribution in [0.3, 0.4) is 0 Å². The fraction of sp³-hybridized carbons (Fsp3) is 0.348. The Bertz CT molecular complexity index is 1390. The average molecular weight is 416 g/mol. The zero-order valence-corrected chi connectivity index (χ0v) is 17.5. The third kappa shape index (κ3) is 1.99. The van der Waals surface area contributed by atoms with Crippen LogP contribution >= 0.6 is 0 Å². The van der Waals surface area contributed by atoms with Crippen molar-refractivity contribution < 1.29 is 9.13 Å². The lowest BCUT2D eigenvalue weighted by Gasteiger charge is -2.21. The molecule has 2 unspecified atom stereocenters. The molecule has 0 radical (unpaired) electrons. The van der Waals surface area contributed by atoms with Gasteiger partial charge in [-0.05, 0) is 31.8 Å². The second kappa shape index (κ2) is 5.50. The lowest BCUT2D eigenvalue weighted by Crippen LogP contribution is -2.32. The summed E-state index contributed by atoms with van der Waals surface area (Å²) in [5.41, 5.74) is 4.63. The van der Waals surface area contributed by atoms with Gasteiger partial charge in [0.2, 0.25) is 0 Å². The second-order valence-electron chi connectivity index (χ2n) is 9.01. The highest BCUT2D eigenvalue weighted by molar-refractivity contribution is 5.98. The summed E-state index contributed by atoms with van der Waals surface area (Å²) in [4.78, 5) is 14.0. The first-order valence-electron chi connectivity index (χ1n) is 10.5. The molecule has 4 atom stereocenters. The van der Waals surface area contributed by atoms with E-state index in [0.29, 0.717) is 17.1 Å². The smallest absolute Gasteiger partial charge is 0.167 e. The molecule has 2 saturated carbocycles. The number of benzene rings is 1. The molecule has 5 heterocycles. The summed E-state index contributed by atoms with van der Waals surface area (Å²) in [5, 5.41) is 5.39. The van der Waals surface area contributed by atoms with E-state index < -0.39 is 5.82 Å². The monoisotopic (exact) mass is 416 g/mol. The molecule has 2 saturated heterocycles. The van der Waals surface area contributed by atoms with Crippen molar-refractivity contribution in [3.8, 4) is 16.9 Å². The van der Waals surface area contributed by atoms with Gasteiger partial charge in [0.05, 0.1) is 48.5 Å². The van der Waals surface area contributed by atoms with Crippen LogP contribution in [0.25, 0.3) is 27.7 Å². The van der Waals surface area contributed by atoms with Gasteiger partial charge in [0, 0.05) is 41.6 Å². The van der Waals surface area contributed by atoms with E-state index in [4.69, 9.17) is 9.72 Å². The topological polar surface area (TPSA) is 58.8 Å². The number of piperidine rings is 1. The van der Waals surface area contributed by atoms with Gasteiger partial charge in [0.15, 0.2) is 17.2 Å². The maximum Gasteiger partial charge on any atom is 0.167 e. The first kappa shape index (κ1) is 17.4. The van der Waals surface area contributed by atoms with E-state index >= 15 is 0 Å². The van der Waals surface area contributed by atoms with Crippen molar-refractivity contribution in [3.05, 3.63) is 48.8 Å². The van der Waals surface area contributed by atoms with Gasteiger partial charge in [-0.1, -0.05) is 0 Å². The molecule has 0 N–H and O–H groups in total. The predicted molar refractivity (Wildman–Crippen MR) is 115 cm³/mol. The summed E-state index contributed by atoms with van der Waals surface area (Å²) >= 11 is 0. The van der Waals surface area contributed by atoms with Crippen LogP contribution in [0.5, 0.6) is 5.75 Å². The number of hydrogen-bond donors (Lipinski definition) is 0. The molecule has 2 aliphatic carbocycles. The minimum absolute atomic E-state index is 0.193. The molecule has 156 valence electrons. The van der Waals surface area contributed by atoms with Crippen LogP contribution in [0, 0.1) is 17.7 Å². The van der Waals surface area contributed by atoms with Crippen LogP contribution in [0.4, 0.5) is 10.1 Å². The van der Waals surface area contributed by atoms with Crippen LogP contribution < -0.4 is 9.64 Å². The Morgan fingerprint density at radius 1 is 1.19 bits per heavy atom. The Hall–Kier alpha value is -3.26. The Labute approximate surface area is 178 Å². The van der Waals surface area contributed by atoms with Crippen molar-refractivity contribution >= 4 is 22.2 Å². The zero-order valence-electron chi connectivity index (χ0n) is 17.5. The van der Waals surface area contributed by atoms with Crippen molar-refractivity contribution in [3.63, 3.8) is 0 Å². The van der Waals surface area contributed by atoms with Crippen LogP contribution in [-0.4, -0.2) is 63.8 Å². The highest BCUT2D eigenvalue weighted by Gasteiger charge is 2.93. The predicted octanol–water partition coefficient (Wildman–Crippen LogP) is 2.84. The van der Waals surface area contributed by atoms with Crippen LogP contribution in [0.2, 0.25) is 0 Å².